The van der Waals surface area contributed by atoms with Crippen LogP contribution in [0.5, 0.6) is 0 Å². The summed E-state index contributed by atoms with van der Waals surface area (Å²) in [4.78, 5) is 10.6. The van der Waals surface area contributed by atoms with Gasteiger partial charge in [0.15, 0.2) is 0 Å². The number of carbonyl (C=O) groups is 1. The molecule has 10 heavy (non-hydrogen) atoms. The highest BCUT2D eigenvalue weighted by Crippen LogP contribution is 2.09. The van der Waals surface area contributed by atoms with Gasteiger partial charge in [0.05, 0.1) is 5.56 Å². The standard InChI is InChI=1S/C7H4FIO/c8-6-4-2-1-3-5(6)7(9)10/h1-4H. The van der Waals surface area contributed by atoms with Gasteiger partial charge in [0, 0.05) is 22.6 Å². The van der Waals surface area contributed by atoms with Gasteiger partial charge in [0.25, 0.3) is 0 Å². The lowest BCUT2D eigenvalue weighted by Gasteiger charge is -1.92. The molecule has 0 radical (unpaired) electrons. The summed E-state index contributed by atoms with van der Waals surface area (Å²) in [5.41, 5.74) is 0.142. The van der Waals surface area contributed by atoms with Crippen molar-refractivity contribution in [1.29, 1.82) is 0 Å². The normalized spacial score (nSPS) is 9.40. The molecule has 1 rings (SSSR count). The molecule has 1 aromatic rings. The molecule has 3 heteroatoms. The van der Waals surface area contributed by atoms with Crippen molar-refractivity contribution in [2.75, 3.05) is 0 Å². The molecule has 0 saturated carbocycles. The van der Waals surface area contributed by atoms with E-state index in [1.807, 2.05) is 0 Å². The fraction of sp³-hybridized carbons (Fsp3) is 0. The molecule has 0 spiro atoms. The van der Waals surface area contributed by atoms with Crippen molar-refractivity contribution in [2.45, 2.75) is 0 Å². The van der Waals surface area contributed by atoms with Crippen molar-refractivity contribution in [2.24, 2.45) is 0 Å². The molecule has 0 bridgehead atoms. The minimum Gasteiger partial charge on any atom is -0.282 e. The Labute approximate surface area is 71.4 Å². The van der Waals surface area contributed by atoms with Gasteiger partial charge in [-0.05, 0) is 12.1 Å². The number of hydrogen-bond acceptors (Lipinski definition) is 1. The van der Waals surface area contributed by atoms with Crippen LogP contribution < -0.4 is 0 Å². The Morgan fingerprint density at radius 1 is 1.40 bits per heavy atom. The molecular formula is C7H4FIO. The summed E-state index contributed by atoms with van der Waals surface area (Å²) in [5.74, 6) is -0.457. The van der Waals surface area contributed by atoms with Crippen LogP contribution in [0.2, 0.25) is 0 Å². The van der Waals surface area contributed by atoms with E-state index in [9.17, 15) is 9.18 Å². The molecular weight excluding hydrogens is 246 g/mol. The molecule has 0 heterocycles. The van der Waals surface area contributed by atoms with Gasteiger partial charge < -0.3 is 0 Å². The smallest absolute Gasteiger partial charge is 0.225 e. The van der Waals surface area contributed by atoms with Crippen molar-refractivity contribution < 1.29 is 9.18 Å². The second kappa shape index (κ2) is 3.09. The molecule has 1 aromatic carbocycles. The van der Waals surface area contributed by atoms with Crippen LogP contribution in [0, 0.1) is 5.82 Å². The van der Waals surface area contributed by atoms with Gasteiger partial charge in [-0.2, -0.15) is 0 Å². The summed E-state index contributed by atoms with van der Waals surface area (Å²) in [5, 5.41) is 0. The molecule has 52 valence electrons. The van der Waals surface area contributed by atoms with Gasteiger partial charge in [0.1, 0.15) is 5.82 Å². The zero-order valence-electron chi connectivity index (χ0n) is 4.97. The third-order valence-electron chi connectivity index (χ3n) is 1.09. The summed E-state index contributed by atoms with van der Waals surface area (Å²) in [6.45, 7) is 0. The molecule has 0 amide bonds. The monoisotopic (exact) mass is 250 g/mol. The van der Waals surface area contributed by atoms with Gasteiger partial charge in [-0.1, -0.05) is 12.1 Å². The van der Waals surface area contributed by atoms with Crippen LogP contribution in [0.1, 0.15) is 10.4 Å². The minimum absolute atomic E-state index is 0.142. The summed E-state index contributed by atoms with van der Waals surface area (Å²) < 4.78 is 12.3. The Bertz CT molecular complexity index is 260. The molecule has 0 unspecified atom stereocenters. The van der Waals surface area contributed by atoms with Crippen molar-refractivity contribution in [3.63, 3.8) is 0 Å². The fourth-order valence-electron chi connectivity index (χ4n) is 0.621. The van der Waals surface area contributed by atoms with Gasteiger partial charge in [-0.15, -0.1) is 0 Å². The largest absolute Gasteiger partial charge is 0.282 e. The second-order valence-electron chi connectivity index (χ2n) is 1.75. The van der Waals surface area contributed by atoms with E-state index < -0.39 is 5.82 Å². The first-order chi connectivity index (χ1) is 4.72. The molecule has 0 aliphatic rings. The van der Waals surface area contributed by atoms with Crippen LogP contribution in [-0.4, -0.2) is 3.79 Å². The molecule has 1 nitrogen and oxygen atoms in total. The number of benzene rings is 1. The van der Waals surface area contributed by atoms with E-state index in [2.05, 4.69) is 0 Å². The zero-order valence-corrected chi connectivity index (χ0v) is 7.13. The molecule has 0 N–H and O–H groups in total. The average molecular weight is 250 g/mol. The first-order valence-electron chi connectivity index (χ1n) is 2.66. The summed E-state index contributed by atoms with van der Waals surface area (Å²) >= 11 is 1.56. The van der Waals surface area contributed by atoms with E-state index in [1.165, 1.54) is 12.1 Å². The molecule has 0 aromatic heterocycles. The third-order valence-corrected chi connectivity index (χ3v) is 1.67. The highest BCUT2D eigenvalue weighted by Gasteiger charge is 2.04. The predicted molar refractivity (Wildman–Crippen MR) is 44.8 cm³/mol. The van der Waals surface area contributed by atoms with Gasteiger partial charge in [-0.25, -0.2) is 4.39 Å². The Morgan fingerprint density at radius 2 is 2.00 bits per heavy atom. The zero-order chi connectivity index (χ0) is 7.56. The molecule has 0 atom stereocenters. The number of rotatable bonds is 1. The van der Waals surface area contributed by atoms with Crippen LogP contribution in [-0.2, 0) is 0 Å². The van der Waals surface area contributed by atoms with Gasteiger partial charge in [0.2, 0.25) is 3.79 Å². The van der Waals surface area contributed by atoms with E-state index in [-0.39, 0.29) is 9.35 Å². The molecule has 0 aliphatic carbocycles. The van der Waals surface area contributed by atoms with Crippen LogP contribution in [0.4, 0.5) is 4.39 Å². The maximum Gasteiger partial charge on any atom is 0.225 e. The minimum atomic E-state index is -0.457. The molecule has 0 saturated heterocycles. The maximum absolute atomic E-state index is 12.6. The highest BCUT2D eigenvalue weighted by molar-refractivity contribution is 14.1. The first-order valence-corrected chi connectivity index (χ1v) is 3.74. The Balaban J connectivity index is 3.15. The topological polar surface area (TPSA) is 17.1 Å². The van der Waals surface area contributed by atoms with Crippen molar-refractivity contribution >= 4 is 26.4 Å². The lowest BCUT2D eigenvalue weighted by atomic mass is 10.2. The molecule has 0 aliphatic heterocycles. The average Bonchev–Trinajstić information content (AvgIpc) is 1.88. The third kappa shape index (κ3) is 1.53. The lowest BCUT2D eigenvalue weighted by Crippen LogP contribution is -1.91. The Morgan fingerprint density at radius 3 is 2.40 bits per heavy atom. The van der Waals surface area contributed by atoms with Crippen LogP contribution >= 0.6 is 22.6 Å². The van der Waals surface area contributed by atoms with Crippen LogP contribution in [0.25, 0.3) is 0 Å². The highest BCUT2D eigenvalue weighted by atomic mass is 127. The van der Waals surface area contributed by atoms with E-state index in [0.29, 0.717) is 0 Å². The van der Waals surface area contributed by atoms with E-state index in [1.54, 1.807) is 34.7 Å². The first kappa shape index (κ1) is 7.65. The van der Waals surface area contributed by atoms with E-state index >= 15 is 0 Å². The van der Waals surface area contributed by atoms with Crippen LogP contribution in [0.3, 0.4) is 0 Å². The lowest BCUT2D eigenvalue weighted by molar-refractivity contribution is 0.110. The van der Waals surface area contributed by atoms with Crippen LogP contribution in [0.15, 0.2) is 24.3 Å². The van der Waals surface area contributed by atoms with E-state index in [0.717, 1.165) is 0 Å². The fourth-order valence-corrected chi connectivity index (χ4v) is 1.06. The SMILES string of the molecule is O=C(I)c1ccccc1F. The molecule has 0 fully saturated rings. The maximum atomic E-state index is 12.6. The number of hydrogen-bond donors (Lipinski definition) is 0. The number of halogens is 2. The van der Waals surface area contributed by atoms with E-state index in [4.69, 9.17) is 0 Å². The van der Waals surface area contributed by atoms with Crippen molar-refractivity contribution in [3.05, 3.63) is 35.6 Å². The number of carbonyl (C=O) groups excluding carboxylic acids is 1. The quantitative estimate of drug-likeness (QED) is 0.552. The van der Waals surface area contributed by atoms with Crippen molar-refractivity contribution in [3.8, 4) is 0 Å². The Kier molecular flexibility index (Phi) is 2.37. The summed E-state index contributed by atoms with van der Waals surface area (Å²) in [6.07, 6.45) is 0. The van der Waals surface area contributed by atoms with Gasteiger partial charge >= 0.3 is 0 Å². The van der Waals surface area contributed by atoms with Crippen molar-refractivity contribution in [1.82, 2.24) is 0 Å². The predicted octanol–water partition coefficient (Wildman–Crippen LogP) is 2.40. The second-order valence-corrected chi connectivity index (χ2v) is 2.73. The van der Waals surface area contributed by atoms with Gasteiger partial charge in [-0.3, -0.25) is 4.79 Å². The Hall–Kier alpha value is -0.450. The summed E-state index contributed by atoms with van der Waals surface area (Å²) in [6, 6.07) is 5.92. The summed E-state index contributed by atoms with van der Waals surface area (Å²) in [7, 11) is 0.